The van der Waals surface area contributed by atoms with Crippen molar-refractivity contribution in [2.75, 3.05) is 26.7 Å². The number of methoxy groups -OCH3 is 1. The molecule has 3 heterocycles. The number of rotatable bonds is 5. The zero-order chi connectivity index (χ0) is 16.6. The first-order valence-corrected chi connectivity index (χ1v) is 8.57. The van der Waals surface area contributed by atoms with Gasteiger partial charge in [-0.05, 0) is 44.8 Å². The number of fused-ring (bicyclic) bond motifs is 1. The van der Waals surface area contributed by atoms with Crippen LogP contribution in [0.5, 0.6) is 0 Å². The number of nitrogens with one attached hydrogen (secondary N) is 2. The molecule has 7 nitrogen and oxygen atoms in total. The summed E-state index contributed by atoms with van der Waals surface area (Å²) in [5, 5.41) is 6.32. The standard InChI is InChI=1S/C17H23N5O2.2ClH/c1-24-17(4-6-18-7-5-17)10-20-16(23)12-8-14-15(19-9-12)22(11-21-14)13-2-3-13;;/h8-9,11,13,18H,2-7,10H2,1H3,(H,20,23);2*1H. The summed E-state index contributed by atoms with van der Waals surface area (Å²) in [5.74, 6) is -0.125. The summed E-state index contributed by atoms with van der Waals surface area (Å²) in [4.78, 5) is 21.3. The molecule has 0 unspecified atom stereocenters. The van der Waals surface area contributed by atoms with Crippen LogP contribution in [0.25, 0.3) is 11.2 Å². The van der Waals surface area contributed by atoms with Crippen LogP contribution in [0.4, 0.5) is 0 Å². The average Bonchev–Trinajstić information content (AvgIpc) is 3.39. The maximum absolute atomic E-state index is 12.5. The monoisotopic (exact) mass is 401 g/mol. The SMILES string of the molecule is COC1(CNC(=O)c2cnc3c(c2)ncn3C2CC2)CCNCC1.Cl.Cl. The number of amides is 1. The van der Waals surface area contributed by atoms with E-state index in [4.69, 9.17) is 4.74 Å². The first-order chi connectivity index (χ1) is 11.7. The van der Waals surface area contributed by atoms with E-state index >= 15 is 0 Å². The number of carbonyl (C=O) groups is 1. The molecule has 9 heteroatoms. The number of carbonyl (C=O) groups excluding carboxylic acids is 1. The van der Waals surface area contributed by atoms with E-state index in [9.17, 15) is 4.79 Å². The third-order valence-electron chi connectivity index (χ3n) is 5.13. The molecule has 0 aromatic carbocycles. The van der Waals surface area contributed by atoms with Crippen molar-refractivity contribution in [2.24, 2.45) is 0 Å². The predicted molar refractivity (Wildman–Crippen MR) is 104 cm³/mol. The Morgan fingerprint density at radius 1 is 1.35 bits per heavy atom. The lowest BCUT2D eigenvalue weighted by molar-refractivity contribution is -0.0312. The molecule has 2 aromatic rings. The molecule has 2 fully saturated rings. The van der Waals surface area contributed by atoms with Crippen molar-refractivity contribution in [1.29, 1.82) is 0 Å². The number of ether oxygens (including phenoxy) is 1. The molecule has 4 rings (SSSR count). The van der Waals surface area contributed by atoms with E-state index in [1.807, 2.05) is 12.4 Å². The van der Waals surface area contributed by atoms with Crippen molar-refractivity contribution in [3.05, 3.63) is 24.2 Å². The molecule has 0 bridgehead atoms. The fraction of sp³-hybridized carbons (Fsp3) is 0.588. The maximum atomic E-state index is 12.5. The zero-order valence-electron chi connectivity index (χ0n) is 14.7. The molecule has 2 N–H and O–H groups in total. The predicted octanol–water partition coefficient (Wildman–Crippen LogP) is 2.11. The number of nitrogens with zero attached hydrogens (tertiary/aromatic N) is 3. The van der Waals surface area contributed by atoms with Crippen molar-refractivity contribution in [3.63, 3.8) is 0 Å². The summed E-state index contributed by atoms with van der Waals surface area (Å²) in [6.07, 6.45) is 7.62. The van der Waals surface area contributed by atoms with Crippen molar-refractivity contribution in [1.82, 2.24) is 25.2 Å². The van der Waals surface area contributed by atoms with Crippen LogP contribution in [0.3, 0.4) is 0 Å². The summed E-state index contributed by atoms with van der Waals surface area (Å²) in [7, 11) is 1.72. The number of pyridine rings is 1. The van der Waals surface area contributed by atoms with Crippen molar-refractivity contribution >= 4 is 41.9 Å². The second-order valence-corrected chi connectivity index (χ2v) is 6.77. The highest BCUT2D eigenvalue weighted by atomic mass is 35.5. The molecule has 144 valence electrons. The number of imidazole rings is 1. The van der Waals surface area contributed by atoms with E-state index in [1.54, 1.807) is 13.3 Å². The summed E-state index contributed by atoms with van der Waals surface area (Å²) in [6, 6.07) is 2.35. The van der Waals surface area contributed by atoms with Gasteiger partial charge < -0.3 is 19.9 Å². The largest absolute Gasteiger partial charge is 0.376 e. The molecular formula is C17H25Cl2N5O2. The molecule has 2 aromatic heterocycles. The Bertz CT molecular complexity index is 757. The Morgan fingerprint density at radius 2 is 2.08 bits per heavy atom. The summed E-state index contributed by atoms with van der Waals surface area (Å²) in [6.45, 7) is 2.34. The van der Waals surface area contributed by atoms with Crippen LogP contribution < -0.4 is 10.6 Å². The smallest absolute Gasteiger partial charge is 0.253 e. The van der Waals surface area contributed by atoms with Gasteiger partial charge >= 0.3 is 0 Å². The van der Waals surface area contributed by atoms with E-state index in [2.05, 4.69) is 25.2 Å². The first-order valence-electron chi connectivity index (χ1n) is 8.57. The second-order valence-electron chi connectivity index (χ2n) is 6.77. The van der Waals surface area contributed by atoms with Crippen LogP contribution in [-0.2, 0) is 4.74 Å². The van der Waals surface area contributed by atoms with Crippen LogP contribution in [0, 0.1) is 0 Å². The molecule has 1 saturated carbocycles. The fourth-order valence-corrected chi connectivity index (χ4v) is 3.34. The Labute approximate surface area is 165 Å². The van der Waals surface area contributed by atoms with Crippen molar-refractivity contribution < 1.29 is 9.53 Å². The van der Waals surface area contributed by atoms with Crippen LogP contribution >= 0.6 is 24.8 Å². The highest BCUT2D eigenvalue weighted by molar-refractivity contribution is 5.96. The van der Waals surface area contributed by atoms with Gasteiger partial charge in [-0.3, -0.25) is 4.79 Å². The van der Waals surface area contributed by atoms with Gasteiger partial charge in [-0.15, -0.1) is 24.8 Å². The van der Waals surface area contributed by atoms with Gasteiger partial charge in [0.2, 0.25) is 0 Å². The second kappa shape index (κ2) is 8.52. The lowest BCUT2D eigenvalue weighted by Gasteiger charge is -2.36. The summed E-state index contributed by atoms with van der Waals surface area (Å²) in [5.41, 5.74) is 1.91. The highest BCUT2D eigenvalue weighted by Gasteiger charge is 2.32. The molecule has 0 radical (unpaired) electrons. The minimum atomic E-state index is -0.272. The number of hydrogen-bond acceptors (Lipinski definition) is 5. The van der Waals surface area contributed by atoms with Crippen LogP contribution in [0.15, 0.2) is 18.6 Å². The van der Waals surface area contributed by atoms with Crippen LogP contribution in [-0.4, -0.2) is 52.8 Å². The van der Waals surface area contributed by atoms with Gasteiger partial charge in [0.15, 0.2) is 5.65 Å². The van der Waals surface area contributed by atoms with Crippen LogP contribution in [0.2, 0.25) is 0 Å². The number of aromatic nitrogens is 3. The first kappa shape index (κ1) is 20.9. The molecule has 1 saturated heterocycles. The van der Waals surface area contributed by atoms with Crippen LogP contribution in [0.1, 0.15) is 42.1 Å². The van der Waals surface area contributed by atoms with Gasteiger partial charge in [0.1, 0.15) is 5.52 Å². The van der Waals surface area contributed by atoms with Crippen molar-refractivity contribution in [3.8, 4) is 0 Å². The Hall–Kier alpha value is -1.41. The molecule has 1 aliphatic heterocycles. The number of halogens is 2. The van der Waals surface area contributed by atoms with E-state index < -0.39 is 0 Å². The molecule has 2 aliphatic rings. The quantitative estimate of drug-likeness (QED) is 0.801. The highest BCUT2D eigenvalue weighted by Crippen LogP contribution is 2.36. The van der Waals surface area contributed by atoms with E-state index in [1.165, 1.54) is 12.8 Å². The van der Waals surface area contributed by atoms with Gasteiger partial charge in [-0.1, -0.05) is 0 Å². The lowest BCUT2D eigenvalue weighted by Crippen LogP contribution is -2.50. The third kappa shape index (κ3) is 4.11. The average molecular weight is 402 g/mol. The molecule has 26 heavy (non-hydrogen) atoms. The Morgan fingerprint density at radius 3 is 2.73 bits per heavy atom. The maximum Gasteiger partial charge on any atom is 0.253 e. The summed E-state index contributed by atoms with van der Waals surface area (Å²) >= 11 is 0. The van der Waals surface area contributed by atoms with Gasteiger partial charge in [0.05, 0.1) is 17.5 Å². The minimum absolute atomic E-state index is 0. The van der Waals surface area contributed by atoms with Gasteiger partial charge in [0, 0.05) is 25.9 Å². The zero-order valence-corrected chi connectivity index (χ0v) is 16.4. The van der Waals surface area contributed by atoms with E-state index in [0.29, 0.717) is 18.2 Å². The molecule has 1 aliphatic carbocycles. The third-order valence-corrected chi connectivity index (χ3v) is 5.13. The van der Waals surface area contributed by atoms with Gasteiger partial charge in [0.25, 0.3) is 5.91 Å². The topological polar surface area (TPSA) is 81.1 Å². The Kier molecular flexibility index (Phi) is 6.85. The van der Waals surface area contributed by atoms with E-state index in [0.717, 1.165) is 37.1 Å². The fourth-order valence-electron chi connectivity index (χ4n) is 3.34. The molecule has 1 amide bonds. The van der Waals surface area contributed by atoms with E-state index in [-0.39, 0.29) is 36.3 Å². The number of hydrogen-bond donors (Lipinski definition) is 2. The minimum Gasteiger partial charge on any atom is -0.376 e. The molecular weight excluding hydrogens is 377 g/mol. The normalized spacial score (nSPS) is 18.7. The van der Waals surface area contributed by atoms with Crippen molar-refractivity contribution in [2.45, 2.75) is 37.3 Å². The number of piperidine rings is 1. The van der Waals surface area contributed by atoms with Gasteiger partial charge in [-0.2, -0.15) is 0 Å². The van der Waals surface area contributed by atoms with Gasteiger partial charge in [-0.25, -0.2) is 9.97 Å². The molecule has 0 atom stereocenters. The Balaban J connectivity index is 0.00000121. The summed E-state index contributed by atoms with van der Waals surface area (Å²) < 4.78 is 7.79. The molecule has 0 spiro atoms. The lowest BCUT2D eigenvalue weighted by atomic mass is 9.92.